The number of nitriles is 1. The Morgan fingerprint density at radius 1 is 1.17 bits per heavy atom. The van der Waals surface area contributed by atoms with Crippen LogP contribution in [-0.2, 0) is 4.79 Å². The maximum absolute atomic E-state index is 11.5. The van der Waals surface area contributed by atoms with Gasteiger partial charge in [0.1, 0.15) is 5.75 Å². The van der Waals surface area contributed by atoms with E-state index in [0.717, 1.165) is 5.56 Å². The van der Waals surface area contributed by atoms with Crippen molar-refractivity contribution in [2.45, 2.75) is 0 Å². The van der Waals surface area contributed by atoms with Gasteiger partial charge in [-0.15, -0.1) is 0 Å². The van der Waals surface area contributed by atoms with Crippen LogP contribution in [0.15, 0.2) is 65.8 Å². The minimum Gasteiger partial charge on any atom is -0.484 e. The van der Waals surface area contributed by atoms with Gasteiger partial charge in [-0.2, -0.15) is 10.4 Å². The number of ether oxygens (including phenoxy) is 1. The molecule has 0 unspecified atom stereocenters. The van der Waals surface area contributed by atoms with Gasteiger partial charge in [-0.25, -0.2) is 5.43 Å². The molecule has 0 saturated carbocycles. The summed E-state index contributed by atoms with van der Waals surface area (Å²) in [5.41, 5.74) is 3.95. The van der Waals surface area contributed by atoms with E-state index in [2.05, 4.69) is 10.5 Å². The SMILES string of the molecule is N#Cc1ccc(OCC(=O)N/N=C\C=C\c2ccccc2)cc1. The Hall–Kier alpha value is -3.39. The van der Waals surface area contributed by atoms with Crippen LogP contribution in [0, 0.1) is 11.3 Å². The van der Waals surface area contributed by atoms with E-state index in [0.29, 0.717) is 11.3 Å². The molecule has 0 aromatic heterocycles. The minimum atomic E-state index is -0.362. The molecule has 2 aromatic rings. The zero-order valence-corrected chi connectivity index (χ0v) is 12.3. The number of hydrogen-bond donors (Lipinski definition) is 1. The molecule has 2 rings (SSSR count). The number of hydrazone groups is 1. The number of rotatable bonds is 6. The second-order valence-electron chi connectivity index (χ2n) is 4.51. The summed E-state index contributed by atoms with van der Waals surface area (Å²) in [7, 11) is 0. The van der Waals surface area contributed by atoms with Gasteiger partial charge < -0.3 is 4.74 Å². The smallest absolute Gasteiger partial charge is 0.277 e. The number of carbonyl (C=O) groups is 1. The molecule has 2 aromatic carbocycles. The van der Waals surface area contributed by atoms with Gasteiger partial charge in [0.2, 0.25) is 0 Å². The highest BCUT2D eigenvalue weighted by Gasteiger charge is 2.01. The van der Waals surface area contributed by atoms with E-state index < -0.39 is 0 Å². The third-order valence-electron chi connectivity index (χ3n) is 2.79. The van der Waals surface area contributed by atoms with E-state index in [4.69, 9.17) is 10.00 Å². The number of nitrogens with zero attached hydrogens (tertiary/aromatic N) is 2. The van der Waals surface area contributed by atoms with Crippen LogP contribution in [0.25, 0.3) is 6.08 Å². The van der Waals surface area contributed by atoms with Crippen LogP contribution in [0.3, 0.4) is 0 Å². The predicted molar refractivity (Wildman–Crippen MR) is 88.8 cm³/mol. The molecule has 5 nitrogen and oxygen atoms in total. The summed E-state index contributed by atoms with van der Waals surface area (Å²) in [6.45, 7) is -0.147. The summed E-state index contributed by atoms with van der Waals surface area (Å²) in [6, 6.07) is 18.3. The number of benzene rings is 2. The van der Waals surface area contributed by atoms with Gasteiger partial charge in [0.05, 0.1) is 11.6 Å². The Balaban J connectivity index is 1.71. The van der Waals surface area contributed by atoms with E-state index >= 15 is 0 Å². The first-order chi connectivity index (χ1) is 11.3. The molecule has 114 valence electrons. The van der Waals surface area contributed by atoms with Crippen LogP contribution in [0.4, 0.5) is 0 Å². The van der Waals surface area contributed by atoms with E-state index in [-0.39, 0.29) is 12.5 Å². The van der Waals surface area contributed by atoms with Crippen molar-refractivity contribution in [3.8, 4) is 11.8 Å². The van der Waals surface area contributed by atoms with Gasteiger partial charge in [0, 0.05) is 6.21 Å². The predicted octanol–water partition coefficient (Wildman–Crippen LogP) is 2.75. The van der Waals surface area contributed by atoms with Crippen LogP contribution in [0.2, 0.25) is 0 Å². The van der Waals surface area contributed by atoms with Gasteiger partial charge >= 0.3 is 0 Å². The lowest BCUT2D eigenvalue weighted by Gasteiger charge is -2.04. The first-order valence-corrected chi connectivity index (χ1v) is 6.94. The summed E-state index contributed by atoms with van der Waals surface area (Å²) < 4.78 is 5.28. The summed E-state index contributed by atoms with van der Waals surface area (Å²) in [5, 5.41) is 12.5. The molecule has 0 heterocycles. The molecule has 0 radical (unpaired) electrons. The van der Waals surface area contributed by atoms with E-state index in [9.17, 15) is 4.79 Å². The van der Waals surface area contributed by atoms with Crippen molar-refractivity contribution in [3.63, 3.8) is 0 Å². The lowest BCUT2D eigenvalue weighted by atomic mass is 10.2. The zero-order valence-electron chi connectivity index (χ0n) is 12.3. The summed E-state index contributed by atoms with van der Waals surface area (Å²) in [5.74, 6) is 0.158. The maximum atomic E-state index is 11.5. The number of amides is 1. The van der Waals surface area contributed by atoms with Crippen LogP contribution in [0.1, 0.15) is 11.1 Å². The molecular weight excluding hydrogens is 290 g/mol. The zero-order chi connectivity index (χ0) is 16.3. The van der Waals surface area contributed by atoms with Crippen LogP contribution in [0.5, 0.6) is 5.75 Å². The largest absolute Gasteiger partial charge is 0.484 e. The second-order valence-corrected chi connectivity index (χ2v) is 4.51. The van der Waals surface area contributed by atoms with Crippen LogP contribution >= 0.6 is 0 Å². The molecule has 0 aliphatic heterocycles. The third kappa shape index (κ3) is 5.86. The van der Waals surface area contributed by atoms with Crippen molar-refractivity contribution in [1.82, 2.24) is 5.43 Å². The number of carbonyl (C=O) groups excluding carboxylic acids is 1. The molecule has 0 saturated heterocycles. The molecule has 0 aliphatic carbocycles. The first-order valence-electron chi connectivity index (χ1n) is 6.94. The Morgan fingerprint density at radius 3 is 2.61 bits per heavy atom. The van der Waals surface area contributed by atoms with E-state index in [1.807, 2.05) is 42.5 Å². The molecule has 0 bridgehead atoms. The minimum absolute atomic E-state index is 0.147. The summed E-state index contributed by atoms with van der Waals surface area (Å²) in [4.78, 5) is 11.5. The van der Waals surface area contributed by atoms with Crippen molar-refractivity contribution >= 4 is 18.2 Å². The number of hydrogen-bond acceptors (Lipinski definition) is 4. The lowest BCUT2D eigenvalue weighted by molar-refractivity contribution is -0.123. The fourth-order valence-corrected chi connectivity index (χ4v) is 1.68. The molecule has 0 atom stereocenters. The molecule has 5 heteroatoms. The lowest BCUT2D eigenvalue weighted by Crippen LogP contribution is -2.24. The normalized spacial score (nSPS) is 10.6. The summed E-state index contributed by atoms with van der Waals surface area (Å²) in [6.07, 6.45) is 5.10. The fourth-order valence-electron chi connectivity index (χ4n) is 1.68. The molecule has 1 amide bonds. The standard InChI is InChI=1S/C18H15N3O2/c19-13-16-8-10-17(11-9-16)23-14-18(22)21-20-12-4-7-15-5-2-1-3-6-15/h1-12H,14H2,(H,21,22)/b7-4+,20-12-. The van der Waals surface area contributed by atoms with Crippen molar-refractivity contribution in [2.24, 2.45) is 5.10 Å². The quantitative estimate of drug-likeness (QED) is 0.658. The van der Waals surface area contributed by atoms with Crippen molar-refractivity contribution in [3.05, 3.63) is 71.8 Å². The van der Waals surface area contributed by atoms with Crippen molar-refractivity contribution < 1.29 is 9.53 Å². The van der Waals surface area contributed by atoms with Gasteiger partial charge in [-0.05, 0) is 35.9 Å². The molecule has 1 N–H and O–H groups in total. The third-order valence-corrected chi connectivity index (χ3v) is 2.79. The first kappa shape index (κ1) is 16.0. The van der Waals surface area contributed by atoms with Gasteiger partial charge in [-0.1, -0.05) is 36.4 Å². The highest BCUT2D eigenvalue weighted by molar-refractivity contribution is 5.81. The maximum Gasteiger partial charge on any atom is 0.277 e. The topological polar surface area (TPSA) is 74.5 Å². The van der Waals surface area contributed by atoms with Gasteiger partial charge in [-0.3, -0.25) is 4.79 Å². The fraction of sp³-hybridized carbons (Fsp3) is 0.0556. The second kappa shape index (κ2) is 8.80. The number of nitrogens with one attached hydrogen (secondary N) is 1. The average Bonchev–Trinajstić information content (AvgIpc) is 2.61. The van der Waals surface area contributed by atoms with Crippen molar-refractivity contribution in [2.75, 3.05) is 6.61 Å². The molecular formula is C18H15N3O2. The van der Waals surface area contributed by atoms with E-state index in [1.54, 1.807) is 30.3 Å². The Labute approximate surface area is 134 Å². The van der Waals surface area contributed by atoms with Gasteiger partial charge in [0.25, 0.3) is 5.91 Å². The molecule has 23 heavy (non-hydrogen) atoms. The van der Waals surface area contributed by atoms with Crippen molar-refractivity contribution in [1.29, 1.82) is 5.26 Å². The van der Waals surface area contributed by atoms with E-state index in [1.165, 1.54) is 6.21 Å². The molecule has 0 fully saturated rings. The molecule has 0 aliphatic rings. The highest BCUT2D eigenvalue weighted by Crippen LogP contribution is 2.11. The summed E-state index contributed by atoms with van der Waals surface area (Å²) >= 11 is 0. The average molecular weight is 305 g/mol. The Bertz CT molecular complexity index is 729. The molecule has 0 spiro atoms. The Kier molecular flexibility index (Phi) is 6.12. The monoisotopic (exact) mass is 305 g/mol. The van der Waals surface area contributed by atoms with Gasteiger partial charge in [0.15, 0.2) is 6.61 Å². The number of allylic oxidation sites excluding steroid dienone is 1. The van der Waals surface area contributed by atoms with Crippen LogP contribution in [-0.4, -0.2) is 18.7 Å². The van der Waals surface area contributed by atoms with Crippen LogP contribution < -0.4 is 10.2 Å². The Morgan fingerprint density at radius 2 is 1.91 bits per heavy atom. The highest BCUT2D eigenvalue weighted by atomic mass is 16.5.